The lowest BCUT2D eigenvalue weighted by Crippen LogP contribution is -2.57. The van der Waals surface area contributed by atoms with Gasteiger partial charge in [-0.1, -0.05) is 42.5 Å². The first kappa shape index (κ1) is 26.8. The third-order valence-electron chi connectivity index (χ3n) is 8.68. The van der Waals surface area contributed by atoms with Gasteiger partial charge < -0.3 is 34.2 Å². The van der Waals surface area contributed by atoms with Gasteiger partial charge in [-0.15, -0.1) is 0 Å². The van der Waals surface area contributed by atoms with Gasteiger partial charge in [0.2, 0.25) is 11.8 Å². The number of aromatic nitrogens is 1. The number of hydrogen-bond donors (Lipinski definition) is 2. The van der Waals surface area contributed by atoms with E-state index in [1.165, 1.54) is 14.2 Å². The molecule has 1 saturated heterocycles. The van der Waals surface area contributed by atoms with E-state index < -0.39 is 34.8 Å². The maximum atomic E-state index is 14.3. The highest BCUT2D eigenvalue weighted by Gasteiger charge is 2.77. The number of aliphatic hydroxyl groups is 2. The van der Waals surface area contributed by atoms with Gasteiger partial charge in [-0.25, -0.2) is 4.39 Å². The summed E-state index contributed by atoms with van der Waals surface area (Å²) in [5.74, 6) is -0.121. The smallest absolute Gasteiger partial charge is 0.226 e. The molecule has 6 rings (SSSR count). The van der Waals surface area contributed by atoms with Crippen molar-refractivity contribution in [2.45, 2.75) is 35.8 Å². The molecule has 8 nitrogen and oxygen atoms in total. The van der Waals surface area contributed by atoms with Gasteiger partial charge in [0, 0.05) is 30.1 Å². The summed E-state index contributed by atoms with van der Waals surface area (Å²) in [5.41, 5.74) is -1.75. The molecule has 3 heterocycles. The van der Waals surface area contributed by atoms with Crippen LogP contribution >= 0.6 is 0 Å². The number of halogens is 1. The van der Waals surface area contributed by atoms with Crippen LogP contribution in [0.25, 0.3) is 0 Å². The Morgan fingerprint density at radius 2 is 1.75 bits per heavy atom. The SMILES string of the molecule is COc1cc2c(c(OC)n1)[C@]1(O)[C@H](O)[C@H](CN(C)C)[C@@H](c3ccccc3)[C@]1(c1ccc(N3CC(C)(F)C3)cc1)O2. The summed E-state index contributed by atoms with van der Waals surface area (Å²) in [7, 11) is 6.86. The fraction of sp³-hybridized carbons (Fsp3) is 0.452. The van der Waals surface area contributed by atoms with E-state index in [0.29, 0.717) is 36.5 Å². The Balaban J connectivity index is 1.59. The van der Waals surface area contributed by atoms with Crippen LogP contribution in [0.1, 0.15) is 29.5 Å². The molecule has 2 N–H and O–H groups in total. The standard InChI is InChI=1S/C31H36FN3O5/c1-29(32)17-35(18-29)21-13-11-20(12-14-21)31-25(19-9-7-6-8-10-19)22(16-34(2)3)27(36)30(31,37)26-23(40-31)15-24(38-4)33-28(26)39-5/h6-15,22,25,27,36-37H,16-18H2,1-5H3/t22-,25-,27-,30+,31+/m1/s1. The van der Waals surface area contributed by atoms with Gasteiger partial charge in [-0.2, -0.15) is 4.98 Å². The first-order valence-electron chi connectivity index (χ1n) is 13.5. The number of rotatable bonds is 7. The second kappa shape index (κ2) is 9.33. The van der Waals surface area contributed by atoms with Crippen LogP contribution in [0.15, 0.2) is 60.7 Å². The average molecular weight is 550 g/mol. The van der Waals surface area contributed by atoms with E-state index in [1.54, 1.807) is 13.0 Å². The molecule has 5 atom stereocenters. The number of pyridine rings is 1. The van der Waals surface area contributed by atoms with Crippen LogP contribution in [0.4, 0.5) is 10.1 Å². The van der Waals surface area contributed by atoms with Gasteiger partial charge in [0.25, 0.3) is 0 Å². The van der Waals surface area contributed by atoms with Crippen molar-refractivity contribution in [3.05, 3.63) is 77.4 Å². The molecular formula is C31H36FN3O5. The summed E-state index contributed by atoms with van der Waals surface area (Å²) in [6.45, 7) is 2.74. The van der Waals surface area contributed by atoms with E-state index in [-0.39, 0.29) is 11.8 Å². The minimum Gasteiger partial charge on any atom is -0.481 e. The quantitative estimate of drug-likeness (QED) is 0.464. The molecule has 1 saturated carbocycles. The molecule has 212 valence electrons. The zero-order valence-corrected chi connectivity index (χ0v) is 23.5. The van der Waals surface area contributed by atoms with Crippen LogP contribution < -0.4 is 19.1 Å². The number of alkyl halides is 1. The van der Waals surface area contributed by atoms with Gasteiger partial charge in [0.15, 0.2) is 11.2 Å². The fourth-order valence-electron chi connectivity index (χ4n) is 7.14. The van der Waals surface area contributed by atoms with E-state index in [0.717, 1.165) is 11.3 Å². The summed E-state index contributed by atoms with van der Waals surface area (Å²) in [4.78, 5) is 8.43. The molecule has 2 aliphatic heterocycles. The zero-order valence-electron chi connectivity index (χ0n) is 23.5. The van der Waals surface area contributed by atoms with Crippen LogP contribution in [0, 0.1) is 5.92 Å². The summed E-state index contributed by atoms with van der Waals surface area (Å²) in [6, 6.07) is 19.2. The van der Waals surface area contributed by atoms with Crippen LogP contribution in [-0.2, 0) is 11.2 Å². The lowest BCUT2D eigenvalue weighted by molar-refractivity contribution is -0.152. The second-order valence-electron chi connectivity index (χ2n) is 11.7. The third kappa shape index (κ3) is 3.71. The topological polar surface area (TPSA) is 87.5 Å². The Morgan fingerprint density at radius 3 is 2.33 bits per heavy atom. The van der Waals surface area contributed by atoms with Crippen molar-refractivity contribution in [3.8, 4) is 17.5 Å². The zero-order chi connectivity index (χ0) is 28.4. The van der Waals surface area contributed by atoms with Crippen LogP contribution in [0.2, 0.25) is 0 Å². The fourth-order valence-corrected chi connectivity index (χ4v) is 7.14. The molecular weight excluding hydrogens is 513 g/mol. The van der Waals surface area contributed by atoms with Gasteiger partial charge in [-0.05, 0) is 44.3 Å². The number of fused-ring (bicyclic) bond motifs is 3. The maximum Gasteiger partial charge on any atom is 0.226 e. The minimum atomic E-state index is -1.91. The van der Waals surface area contributed by atoms with E-state index >= 15 is 0 Å². The molecule has 0 spiro atoms. The predicted molar refractivity (Wildman–Crippen MR) is 149 cm³/mol. The highest BCUT2D eigenvalue weighted by molar-refractivity contribution is 5.61. The Hall–Kier alpha value is -3.40. The number of methoxy groups -OCH3 is 2. The molecule has 40 heavy (non-hydrogen) atoms. The Kier molecular flexibility index (Phi) is 6.25. The molecule has 1 aliphatic carbocycles. The van der Waals surface area contributed by atoms with Gasteiger partial charge >= 0.3 is 0 Å². The molecule has 1 aromatic heterocycles. The van der Waals surface area contributed by atoms with E-state index in [2.05, 4.69) is 4.98 Å². The summed E-state index contributed by atoms with van der Waals surface area (Å²) >= 11 is 0. The number of anilines is 1. The van der Waals surface area contributed by atoms with Crippen LogP contribution in [0.5, 0.6) is 17.5 Å². The first-order chi connectivity index (χ1) is 19.1. The second-order valence-corrected chi connectivity index (χ2v) is 11.7. The molecule has 3 aromatic rings. The first-order valence-corrected chi connectivity index (χ1v) is 13.5. The summed E-state index contributed by atoms with van der Waals surface area (Å²) < 4.78 is 32.2. The van der Waals surface area contributed by atoms with Crippen LogP contribution in [0.3, 0.4) is 0 Å². The Labute approximate surface area is 233 Å². The number of benzene rings is 2. The van der Waals surface area contributed by atoms with Crippen molar-refractivity contribution in [1.82, 2.24) is 9.88 Å². The lowest BCUT2D eigenvalue weighted by atomic mass is 9.70. The molecule has 3 aliphatic rings. The largest absolute Gasteiger partial charge is 0.481 e. The van der Waals surface area contributed by atoms with Crippen molar-refractivity contribution in [2.75, 3.05) is 52.8 Å². The molecule has 2 fully saturated rings. The third-order valence-corrected chi connectivity index (χ3v) is 8.68. The van der Waals surface area contributed by atoms with Crippen molar-refractivity contribution in [3.63, 3.8) is 0 Å². The summed E-state index contributed by atoms with van der Waals surface area (Å²) in [6.07, 6.45) is -1.23. The van der Waals surface area contributed by atoms with E-state index in [9.17, 15) is 14.6 Å². The highest BCUT2D eigenvalue weighted by Crippen LogP contribution is 2.70. The lowest BCUT2D eigenvalue weighted by Gasteiger charge is -2.44. The molecule has 9 heteroatoms. The normalized spacial score (nSPS) is 29.9. The average Bonchev–Trinajstić information content (AvgIpc) is 3.29. The number of hydrogen-bond acceptors (Lipinski definition) is 8. The number of ether oxygens (including phenoxy) is 3. The predicted octanol–water partition coefficient (Wildman–Crippen LogP) is 3.46. The molecule has 0 radical (unpaired) electrons. The minimum absolute atomic E-state index is 0.134. The molecule has 0 unspecified atom stereocenters. The molecule has 0 bridgehead atoms. The van der Waals surface area contributed by atoms with Crippen molar-refractivity contribution < 1.29 is 28.8 Å². The summed E-state index contributed by atoms with van der Waals surface area (Å²) in [5, 5.41) is 25.1. The van der Waals surface area contributed by atoms with Crippen molar-refractivity contribution >= 4 is 5.69 Å². The molecule has 2 aromatic carbocycles. The van der Waals surface area contributed by atoms with Gasteiger partial charge in [0.05, 0.1) is 39.0 Å². The Bertz CT molecular complexity index is 1390. The van der Waals surface area contributed by atoms with Gasteiger partial charge in [-0.3, -0.25) is 0 Å². The van der Waals surface area contributed by atoms with Gasteiger partial charge in [0.1, 0.15) is 11.4 Å². The van der Waals surface area contributed by atoms with E-state index in [1.807, 2.05) is 78.5 Å². The van der Waals surface area contributed by atoms with Crippen molar-refractivity contribution in [1.29, 1.82) is 0 Å². The van der Waals surface area contributed by atoms with E-state index in [4.69, 9.17) is 14.2 Å². The van der Waals surface area contributed by atoms with Crippen LogP contribution in [-0.4, -0.2) is 79.8 Å². The highest BCUT2D eigenvalue weighted by atomic mass is 19.1. The Morgan fingerprint density at radius 1 is 1.07 bits per heavy atom. The number of aliphatic hydroxyl groups excluding tert-OH is 1. The number of nitrogens with zero attached hydrogens (tertiary/aromatic N) is 3. The monoisotopic (exact) mass is 549 g/mol. The maximum absolute atomic E-state index is 14.3. The van der Waals surface area contributed by atoms with Crippen molar-refractivity contribution in [2.24, 2.45) is 5.92 Å². The molecule has 0 amide bonds.